The molecule has 0 atom stereocenters. The minimum absolute atomic E-state index is 0. The zero-order chi connectivity index (χ0) is 18.4. The Balaban J connectivity index is 0.00000261. The molecule has 2 N–H and O–H groups in total. The predicted molar refractivity (Wildman–Crippen MR) is 121 cm³/mol. The van der Waals surface area contributed by atoms with Crippen LogP contribution in [0.2, 0.25) is 0 Å². The van der Waals surface area contributed by atoms with Crippen LogP contribution >= 0.6 is 24.0 Å². The molecule has 0 bridgehead atoms. The molecule has 7 heteroatoms. The molecule has 0 radical (unpaired) electrons. The van der Waals surface area contributed by atoms with Gasteiger partial charge in [0.1, 0.15) is 0 Å². The van der Waals surface area contributed by atoms with Crippen LogP contribution in [0.15, 0.2) is 47.5 Å². The largest absolute Gasteiger partial charge is 0.454 e. The number of fused-ring (bicyclic) bond motifs is 1. The molecule has 0 aromatic heterocycles. The third-order valence-corrected chi connectivity index (χ3v) is 4.25. The SMILES string of the molecule is CN=C(NCCc1ccc2c(c1)OCO2)NCc1cccc(N(C)C)c1.I. The summed E-state index contributed by atoms with van der Waals surface area (Å²) in [4.78, 5) is 6.39. The molecule has 0 saturated heterocycles. The molecule has 0 unspecified atom stereocenters. The summed E-state index contributed by atoms with van der Waals surface area (Å²) in [5.41, 5.74) is 3.61. The van der Waals surface area contributed by atoms with Crippen molar-refractivity contribution in [2.75, 3.05) is 39.4 Å². The highest BCUT2D eigenvalue weighted by molar-refractivity contribution is 14.0. The number of hydrogen-bond acceptors (Lipinski definition) is 4. The fourth-order valence-corrected chi connectivity index (χ4v) is 2.77. The summed E-state index contributed by atoms with van der Waals surface area (Å²) < 4.78 is 10.8. The van der Waals surface area contributed by atoms with Gasteiger partial charge < -0.3 is 25.0 Å². The van der Waals surface area contributed by atoms with Crippen LogP contribution in [0.5, 0.6) is 11.5 Å². The molecule has 0 saturated carbocycles. The van der Waals surface area contributed by atoms with Crippen LogP contribution in [-0.4, -0.2) is 40.4 Å². The van der Waals surface area contributed by atoms with Gasteiger partial charge in [0, 0.05) is 39.9 Å². The molecular weight excluding hydrogens is 455 g/mol. The molecule has 1 heterocycles. The first kappa shape index (κ1) is 21.1. The van der Waals surface area contributed by atoms with Crippen molar-refractivity contribution < 1.29 is 9.47 Å². The van der Waals surface area contributed by atoms with Crippen molar-refractivity contribution in [3.05, 3.63) is 53.6 Å². The van der Waals surface area contributed by atoms with Gasteiger partial charge in [-0.3, -0.25) is 4.99 Å². The standard InChI is InChI=1S/C20H26N4O2.HI/c1-21-20(23-13-16-5-4-6-17(11-16)24(2)3)22-10-9-15-7-8-18-19(12-15)26-14-25-18;/h4-8,11-12H,9-10,13-14H2,1-3H3,(H2,21,22,23);1H. The lowest BCUT2D eigenvalue weighted by Gasteiger charge is -2.15. The average molecular weight is 482 g/mol. The van der Waals surface area contributed by atoms with Crippen LogP contribution in [0.1, 0.15) is 11.1 Å². The molecule has 6 nitrogen and oxygen atoms in total. The minimum atomic E-state index is 0. The van der Waals surface area contributed by atoms with E-state index in [0.717, 1.165) is 37.0 Å². The van der Waals surface area contributed by atoms with E-state index in [1.165, 1.54) is 16.8 Å². The zero-order valence-electron chi connectivity index (χ0n) is 16.0. The molecule has 146 valence electrons. The number of aliphatic imine (C=N–C) groups is 1. The van der Waals surface area contributed by atoms with Crippen LogP contribution in [0.3, 0.4) is 0 Å². The van der Waals surface area contributed by atoms with E-state index in [1.807, 2.05) is 26.2 Å². The maximum atomic E-state index is 5.42. The summed E-state index contributed by atoms with van der Waals surface area (Å²) >= 11 is 0. The monoisotopic (exact) mass is 482 g/mol. The molecule has 0 amide bonds. The zero-order valence-corrected chi connectivity index (χ0v) is 18.3. The minimum Gasteiger partial charge on any atom is -0.454 e. The van der Waals surface area contributed by atoms with E-state index in [4.69, 9.17) is 9.47 Å². The Morgan fingerprint density at radius 2 is 1.85 bits per heavy atom. The molecule has 27 heavy (non-hydrogen) atoms. The first-order valence-corrected chi connectivity index (χ1v) is 8.75. The molecular formula is C20H27IN4O2. The van der Waals surface area contributed by atoms with Gasteiger partial charge >= 0.3 is 0 Å². The van der Waals surface area contributed by atoms with Crippen LogP contribution < -0.4 is 25.0 Å². The smallest absolute Gasteiger partial charge is 0.231 e. The Bertz CT molecular complexity index is 780. The molecule has 2 aromatic rings. The number of guanidine groups is 1. The van der Waals surface area contributed by atoms with Crippen LogP contribution in [0.25, 0.3) is 0 Å². The molecule has 0 spiro atoms. The predicted octanol–water partition coefficient (Wildman–Crippen LogP) is 3.01. The fourth-order valence-electron chi connectivity index (χ4n) is 2.77. The second-order valence-corrected chi connectivity index (χ2v) is 6.35. The van der Waals surface area contributed by atoms with Crippen molar-refractivity contribution in [1.29, 1.82) is 0 Å². The Labute approximate surface area is 178 Å². The van der Waals surface area contributed by atoms with E-state index in [0.29, 0.717) is 6.79 Å². The third-order valence-electron chi connectivity index (χ3n) is 4.25. The van der Waals surface area contributed by atoms with Gasteiger partial charge in [-0.1, -0.05) is 18.2 Å². The maximum Gasteiger partial charge on any atom is 0.231 e. The number of nitrogens with one attached hydrogen (secondary N) is 2. The van der Waals surface area contributed by atoms with Crippen molar-refractivity contribution in [3.63, 3.8) is 0 Å². The van der Waals surface area contributed by atoms with E-state index in [1.54, 1.807) is 7.05 Å². The number of rotatable bonds is 6. The van der Waals surface area contributed by atoms with E-state index < -0.39 is 0 Å². The molecule has 1 aliphatic rings. The summed E-state index contributed by atoms with van der Waals surface area (Å²) in [6, 6.07) is 14.5. The summed E-state index contributed by atoms with van der Waals surface area (Å²) in [7, 11) is 5.87. The van der Waals surface area contributed by atoms with E-state index in [2.05, 4.69) is 50.9 Å². The lowest BCUT2D eigenvalue weighted by Crippen LogP contribution is -2.37. The fraction of sp³-hybridized carbons (Fsp3) is 0.350. The lowest BCUT2D eigenvalue weighted by molar-refractivity contribution is 0.174. The molecule has 0 aliphatic carbocycles. The molecule has 2 aromatic carbocycles. The van der Waals surface area contributed by atoms with E-state index >= 15 is 0 Å². The topological polar surface area (TPSA) is 58.1 Å². The van der Waals surface area contributed by atoms with Crippen molar-refractivity contribution >= 4 is 35.6 Å². The quantitative estimate of drug-likeness (QED) is 0.377. The highest BCUT2D eigenvalue weighted by Crippen LogP contribution is 2.32. The van der Waals surface area contributed by atoms with Gasteiger partial charge in [0.15, 0.2) is 17.5 Å². The highest BCUT2D eigenvalue weighted by atomic mass is 127. The number of benzene rings is 2. The summed E-state index contributed by atoms with van der Waals surface area (Å²) in [6.07, 6.45) is 0.882. The normalized spacial score (nSPS) is 12.3. The van der Waals surface area contributed by atoms with Crippen molar-refractivity contribution in [2.24, 2.45) is 4.99 Å². The Hall–Kier alpha value is -2.16. The first-order chi connectivity index (χ1) is 12.7. The number of halogens is 1. The highest BCUT2D eigenvalue weighted by Gasteiger charge is 2.12. The van der Waals surface area contributed by atoms with Gasteiger partial charge in [-0.05, 0) is 41.8 Å². The van der Waals surface area contributed by atoms with E-state index in [-0.39, 0.29) is 24.0 Å². The lowest BCUT2D eigenvalue weighted by atomic mass is 10.1. The van der Waals surface area contributed by atoms with Crippen molar-refractivity contribution in [3.8, 4) is 11.5 Å². The molecule has 3 rings (SSSR count). The molecule has 0 fully saturated rings. The Kier molecular flexibility index (Phi) is 8.02. The second kappa shape index (κ2) is 10.2. The van der Waals surface area contributed by atoms with Crippen LogP contribution in [-0.2, 0) is 13.0 Å². The number of nitrogens with zero attached hydrogens (tertiary/aromatic N) is 2. The van der Waals surface area contributed by atoms with Gasteiger partial charge in [-0.25, -0.2) is 0 Å². The van der Waals surface area contributed by atoms with Crippen LogP contribution in [0.4, 0.5) is 5.69 Å². The third kappa shape index (κ3) is 5.92. The number of anilines is 1. The first-order valence-electron chi connectivity index (χ1n) is 8.75. The number of hydrogen-bond donors (Lipinski definition) is 2. The summed E-state index contributed by atoms with van der Waals surface area (Å²) in [5, 5.41) is 6.71. The second-order valence-electron chi connectivity index (χ2n) is 6.35. The summed E-state index contributed by atoms with van der Waals surface area (Å²) in [5.74, 6) is 2.44. The Morgan fingerprint density at radius 1 is 1.04 bits per heavy atom. The van der Waals surface area contributed by atoms with Gasteiger partial charge in [0.05, 0.1) is 0 Å². The van der Waals surface area contributed by atoms with Gasteiger partial charge in [0.2, 0.25) is 6.79 Å². The Morgan fingerprint density at radius 3 is 2.63 bits per heavy atom. The summed E-state index contributed by atoms with van der Waals surface area (Å²) in [6.45, 7) is 1.82. The maximum absolute atomic E-state index is 5.42. The van der Waals surface area contributed by atoms with Gasteiger partial charge in [-0.2, -0.15) is 0 Å². The van der Waals surface area contributed by atoms with Gasteiger partial charge in [-0.15, -0.1) is 24.0 Å². The average Bonchev–Trinajstić information content (AvgIpc) is 3.12. The molecule has 1 aliphatic heterocycles. The van der Waals surface area contributed by atoms with E-state index in [9.17, 15) is 0 Å². The van der Waals surface area contributed by atoms with Crippen molar-refractivity contribution in [2.45, 2.75) is 13.0 Å². The van der Waals surface area contributed by atoms with Crippen LogP contribution in [0, 0.1) is 0 Å². The van der Waals surface area contributed by atoms with Crippen molar-refractivity contribution in [1.82, 2.24) is 10.6 Å². The number of ether oxygens (including phenoxy) is 2. The van der Waals surface area contributed by atoms with Gasteiger partial charge in [0.25, 0.3) is 0 Å².